The maximum atomic E-state index is 12.2. The summed E-state index contributed by atoms with van der Waals surface area (Å²) in [6, 6.07) is 7.28. The second kappa shape index (κ2) is 5.51. The molecule has 0 saturated heterocycles. The molecule has 0 aliphatic heterocycles. The Balaban J connectivity index is 1.93. The Bertz CT molecular complexity index is 834. The fourth-order valence-electron chi connectivity index (χ4n) is 2.35. The number of aryl methyl sites for hydroxylation is 2. The van der Waals surface area contributed by atoms with E-state index in [1.54, 1.807) is 24.0 Å². The lowest BCUT2D eigenvalue weighted by molar-refractivity contribution is 0.101. The highest BCUT2D eigenvalue weighted by atomic mass is 16.5. The van der Waals surface area contributed by atoms with Crippen molar-refractivity contribution in [1.82, 2.24) is 19.6 Å². The summed E-state index contributed by atoms with van der Waals surface area (Å²) in [6.07, 6.45) is 1.59. The minimum Gasteiger partial charge on any atom is -0.476 e. The van der Waals surface area contributed by atoms with Crippen molar-refractivity contribution >= 4 is 22.5 Å². The first-order chi connectivity index (χ1) is 10.6. The maximum absolute atomic E-state index is 12.2. The Labute approximate surface area is 127 Å². The zero-order valence-corrected chi connectivity index (χ0v) is 12.7. The molecule has 0 aliphatic carbocycles. The third-order valence-electron chi connectivity index (χ3n) is 3.41. The molecule has 2 aromatic heterocycles. The number of rotatable bonds is 4. The lowest BCUT2D eigenvalue weighted by atomic mass is 10.2. The number of nitrogens with zero attached hydrogens (tertiary/aromatic N) is 4. The van der Waals surface area contributed by atoms with Gasteiger partial charge in [-0.05, 0) is 31.2 Å². The highest BCUT2D eigenvalue weighted by Crippen LogP contribution is 2.27. The number of carbonyl (C=O) groups is 1. The molecule has 0 atom stereocenters. The molecule has 1 amide bonds. The van der Waals surface area contributed by atoms with Crippen LogP contribution >= 0.6 is 0 Å². The lowest BCUT2D eigenvalue weighted by Crippen LogP contribution is -2.16. The molecular weight excluding hydrogens is 282 g/mol. The van der Waals surface area contributed by atoms with Crippen LogP contribution in [0.25, 0.3) is 10.9 Å². The molecule has 0 unspecified atom stereocenters. The molecule has 0 spiro atoms. The van der Waals surface area contributed by atoms with Gasteiger partial charge in [0.15, 0.2) is 0 Å². The molecule has 3 rings (SSSR count). The van der Waals surface area contributed by atoms with Gasteiger partial charge in [0.1, 0.15) is 5.69 Å². The zero-order valence-electron chi connectivity index (χ0n) is 12.7. The second-order valence-corrected chi connectivity index (χ2v) is 4.89. The van der Waals surface area contributed by atoms with Crippen molar-refractivity contribution in [2.45, 2.75) is 6.92 Å². The van der Waals surface area contributed by atoms with E-state index in [0.29, 0.717) is 23.9 Å². The number of fused-ring (bicyclic) bond motifs is 1. The van der Waals surface area contributed by atoms with Crippen LogP contribution in [-0.4, -0.2) is 32.1 Å². The number of ether oxygens (including phenoxy) is 1. The summed E-state index contributed by atoms with van der Waals surface area (Å²) in [4.78, 5) is 12.2. The van der Waals surface area contributed by atoms with Crippen molar-refractivity contribution in [2.75, 3.05) is 11.9 Å². The van der Waals surface area contributed by atoms with E-state index in [-0.39, 0.29) is 5.91 Å². The molecule has 7 nitrogen and oxygen atoms in total. The van der Waals surface area contributed by atoms with Gasteiger partial charge >= 0.3 is 0 Å². The van der Waals surface area contributed by atoms with Gasteiger partial charge in [0.25, 0.3) is 5.91 Å². The van der Waals surface area contributed by atoms with Gasteiger partial charge in [0.2, 0.25) is 5.88 Å². The van der Waals surface area contributed by atoms with E-state index in [4.69, 9.17) is 4.74 Å². The number of carbonyl (C=O) groups excluding carboxylic acids is 1. The van der Waals surface area contributed by atoms with Crippen LogP contribution < -0.4 is 10.1 Å². The average molecular weight is 299 g/mol. The normalized spacial score (nSPS) is 10.9. The summed E-state index contributed by atoms with van der Waals surface area (Å²) >= 11 is 0. The molecule has 0 radical (unpaired) electrons. The molecule has 2 heterocycles. The smallest absolute Gasteiger partial charge is 0.273 e. The van der Waals surface area contributed by atoms with E-state index in [1.807, 2.05) is 32.2 Å². The molecule has 22 heavy (non-hydrogen) atoms. The minimum absolute atomic E-state index is 0.207. The number of hydrogen-bond donors (Lipinski definition) is 1. The van der Waals surface area contributed by atoms with Crippen molar-refractivity contribution in [1.29, 1.82) is 0 Å². The largest absolute Gasteiger partial charge is 0.476 e. The van der Waals surface area contributed by atoms with Crippen LogP contribution in [0, 0.1) is 0 Å². The summed E-state index contributed by atoms with van der Waals surface area (Å²) in [7, 11) is 3.59. The number of amides is 1. The van der Waals surface area contributed by atoms with Crippen LogP contribution in [0.4, 0.5) is 5.69 Å². The molecule has 3 aromatic rings. The Hall–Kier alpha value is -2.83. The van der Waals surface area contributed by atoms with E-state index in [2.05, 4.69) is 15.5 Å². The van der Waals surface area contributed by atoms with Crippen LogP contribution in [-0.2, 0) is 14.1 Å². The van der Waals surface area contributed by atoms with E-state index in [9.17, 15) is 4.79 Å². The number of benzene rings is 1. The predicted octanol–water partition coefficient (Wildman–Crippen LogP) is 1.96. The van der Waals surface area contributed by atoms with Gasteiger partial charge in [-0.25, -0.2) is 0 Å². The molecule has 1 N–H and O–H groups in total. The summed E-state index contributed by atoms with van der Waals surface area (Å²) in [6.45, 7) is 2.45. The monoisotopic (exact) mass is 299 g/mol. The van der Waals surface area contributed by atoms with Gasteiger partial charge in [-0.3, -0.25) is 14.2 Å². The molecule has 0 saturated carbocycles. The van der Waals surface area contributed by atoms with E-state index in [1.165, 1.54) is 4.68 Å². The molecular formula is C15H17N5O2. The molecule has 0 aliphatic rings. The first kappa shape index (κ1) is 14.1. The van der Waals surface area contributed by atoms with E-state index >= 15 is 0 Å². The van der Waals surface area contributed by atoms with Crippen LogP contribution in [0.5, 0.6) is 5.88 Å². The zero-order chi connectivity index (χ0) is 15.7. The summed E-state index contributed by atoms with van der Waals surface area (Å²) in [5.41, 5.74) is 2.13. The first-order valence-corrected chi connectivity index (χ1v) is 6.99. The van der Waals surface area contributed by atoms with Gasteiger partial charge in [0, 0.05) is 26.0 Å². The van der Waals surface area contributed by atoms with Crippen molar-refractivity contribution in [3.8, 4) is 5.88 Å². The number of aromatic nitrogens is 4. The van der Waals surface area contributed by atoms with Crippen LogP contribution in [0.15, 0.2) is 30.5 Å². The SMILES string of the molecule is CCOc1nn(C)c2ccc(NC(=O)c3ccnn3C)cc12. The molecule has 1 aromatic carbocycles. The van der Waals surface area contributed by atoms with Gasteiger partial charge in [-0.15, -0.1) is 5.10 Å². The third kappa shape index (κ3) is 2.41. The predicted molar refractivity (Wildman–Crippen MR) is 83.0 cm³/mol. The number of nitrogens with one attached hydrogen (secondary N) is 1. The van der Waals surface area contributed by atoms with Crippen molar-refractivity contribution in [2.24, 2.45) is 14.1 Å². The van der Waals surface area contributed by atoms with Crippen LogP contribution in [0.1, 0.15) is 17.4 Å². The molecule has 0 fully saturated rings. The first-order valence-electron chi connectivity index (χ1n) is 6.99. The Kier molecular flexibility index (Phi) is 3.54. The Morgan fingerprint density at radius 1 is 1.27 bits per heavy atom. The van der Waals surface area contributed by atoms with Gasteiger partial charge in [-0.2, -0.15) is 5.10 Å². The number of hydrogen-bond acceptors (Lipinski definition) is 4. The molecule has 114 valence electrons. The van der Waals surface area contributed by atoms with Crippen molar-refractivity contribution in [3.63, 3.8) is 0 Å². The quantitative estimate of drug-likeness (QED) is 0.799. The minimum atomic E-state index is -0.207. The van der Waals surface area contributed by atoms with Crippen LogP contribution in [0.3, 0.4) is 0 Å². The summed E-state index contributed by atoms with van der Waals surface area (Å²) in [5, 5.41) is 12.1. The standard InChI is InChI=1S/C15H17N5O2/c1-4-22-15-11-9-10(5-6-12(11)20(3)18-15)17-14(21)13-7-8-16-19(13)2/h5-9H,4H2,1-3H3,(H,17,21). The van der Waals surface area contributed by atoms with Gasteiger partial charge in [0.05, 0.1) is 17.5 Å². The van der Waals surface area contributed by atoms with E-state index in [0.717, 1.165) is 10.9 Å². The average Bonchev–Trinajstić information content (AvgIpc) is 3.04. The van der Waals surface area contributed by atoms with Crippen molar-refractivity contribution < 1.29 is 9.53 Å². The summed E-state index contributed by atoms with van der Waals surface area (Å²) in [5.74, 6) is 0.359. The topological polar surface area (TPSA) is 74.0 Å². The van der Waals surface area contributed by atoms with Crippen LogP contribution in [0.2, 0.25) is 0 Å². The Morgan fingerprint density at radius 3 is 2.77 bits per heavy atom. The lowest BCUT2D eigenvalue weighted by Gasteiger charge is -2.06. The van der Waals surface area contributed by atoms with Crippen molar-refractivity contribution in [3.05, 3.63) is 36.2 Å². The molecule has 7 heteroatoms. The highest BCUT2D eigenvalue weighted by molar-refractivity contribution is 6.04. The summed E-state index contributed by atoms with van der Waals surface area (Å²) < 4.78 is 8.82. The second-order valence-electron chi connectivity index (χ2n) is 4.89. The third-order valence-corrected chi connectivity index (χ3v) is 3.41. The maximum Gasteiger partial charge on any atom is 0.273 e. The fourth-order valence-corrected chi connectivity index (χ4v) is 2.35. The van der Waals surface area contributed by atoms with Gasteiger partial charge < -0.3 is 10.1 Å². The van der Waals surface area contributed by atoms with Gasteiger partial charge in [-0.1, -0.05) is 0 Å². The molecule has 0 bridgehead atoms. The Morgan fingerprint density at radius 2 is 2.09 bits per heavy atom. The number of anilines is 1. The van der Waals surface area contributed by atoms with E-state index < -0.39 is 0 Å². The highest BCUT2D eigenvalue weighted by Gasteiger charge is 2.13. The fraction of sp³-hybridized carbons (Fsp3) is 0.267.